The van der Waals surface area contributed by atoms with Crippen LogP contribution in [-0.2, 0) is 17.8 Å². The molecule has 2 nitrogen and oxygen atoms in total. The molecule has 114 valence electrons. The molecule has 2 atom stereocenters. The van der Waals surface area contributed by atoms with Gasteiger partial charge in [0.1, 0.15) is 5.78 Å². The number of hydrogen-bond donors (Lipinski definition) is 0. The van der Waals surface area contributed by atoms with Crippen LogP contribution < -0.4 is 0 Å². The molecule has 21 heavy (non-hydrogen) atoms. The predicted molar refractivity (Wildman–Crippen MR) is 86.2 cm³/mol. The third-order valence-corrected chi connectivity index (χ3v) is 5.30. The van der Waals surface area contributed by atoms with Crippen LogP contribution in [-0.4, -0.2) is 23.3 Å². The van der Waals surface area contributed by atoms with Crippen molar-refractivity contribution in [3.63, 3.8) is 0 Å². The van der Waals surface area contributed by atoms with E-state index in [2.05, 4.69) is 36.1 Å². The maximum Gasteiger partial charge on any atom is 0.137 e. The highest BCUT2D eigenvalue weighted by atomic mass is 16.1. The zero-order valence-electron chi connectivity index (χ0n) is 13.2. The maximum absolute atomic E-state index is 12.1. The Morgan fingerprint density at radius 3 is 2.48 bits per heavy atom. The van der Waals surface area contributed by atoms with E-state index in [0.717, 1.165) is 38.8 Å². The molecule has 1 aliphatic carbocycles. The number of carbonyl (C=O) groups is 1. The number of piperidine rings is 1. The molecule has 1 saturated heterocycles. The molecule has 1 aromatic rings. The lowest BCUT2D eigenvalue weighted by Crippen LogP contribution is -2.44. The van der Waals surface area contributed by atoms with E-state index in [9.17, 15) is 4.79 Å². The largest absolute Gasteiger partial charge is 0.299 e. The third kappa shape index (κ3) is 3.37. The minimum atomic E-state index is 0.320. The molecule has 0 amide bonds. The van der Waals surface area contributed by atoms with Crippen LogP contribution in [0.15, 0.2) is 24.3 Å². The van der Waals surface area contributed by atoms with Crippen molar-refractivity contribution < 1.29 is 4.79 Å². The van der Waals surface area contributed by atoms with Crippen LogP contribution in [0.4, 0.5) is 0 Å². The van der Waals surface area contributed by atoms with E-state index in [4.69, 9.17) is 0 Å². The zero-order valence-corrected chi connectivity index (χ0v) is 13.2. The highest BCUT2D eigenvalue weighted by Crippen LogP contribution is 2.33. The molecular weight excluding hydrogens is 258 g/mol. The summed E-state index contributed by atoms with van der Waals surface area (Å²) in [7, 11) is 0. The fourth-order valence-corrected chi connectivity index (χ4v) is 4.03. The van der Waals surface area contributed by atoms with Crippen molar-refractivity contribution in [3.8, 4) is 0 Å². The van der Waals surface area contributed by atoms with Crippen LogP contribution >= 0.6 is 0 Å². The van der Waals surface area contributed by atoms with Crippen LogP contribution in [0.3, 0.4) is 0 Å². The first-order chi connectivity index (χ1) is 10.3. The van der Waals surface area contributed by atoms with Crippen molar-refractivity contribution in [2.75, 3.05) is 6.54 Å². The van der Waals surface area contributed by atoms with Gasteiger partial charge >= 0.3 is 0 Å². The summed E-state index contributed by atoms with van der Waals surface area (Å²) in [6.07, 6.45) is 7.94. The summed E-state index contributed by atoms with van der Waals surface area (Å²) in [5.41, 5.74) is 2.80. The number of aryl methyl sites for hydroxylation is 1. The van der Waals surface area contributed by atoms with Gasteiger partial charge in [0.05, 0.1) is 0 Å². The summed E-state index contributed by atoms with van der Waals surface area (Å²) >= 11 is 0. The van der Waals surface area contributed by atoms with Gasteiger partial charge in [-0.05, 0) is 49.8 Å². The summed E-state index contributed by atoms with van der Waals surface area (Å²) in [6.45, 7) is 4.36. The third-order valence-electron chi connectivity index (χ3n) is 5.30. The van der Waals surface area contributed by atoms with Gasteiger partial charge in [-0.25, -0.2) is 0 Å². The second-order valence-electron chi connectivity index (χ2n) is 6.67. The first-order valence-corrected chi connectivity index (χ1v) is 8.62. The van der Waals surface area contributed by atoms with Crippen molar-refractivity contribution in [3.05, 3.63) is 35.4 Å². The van der Waals surface area contributed by atoms with Crippen molar-refractivity contribution in [2.45, 2.75) is 64.5 Å². The number of hydrogen-bond acceptors (Lipinski definition) is 2. The number of likely N-dealkylation sites (tertiary alicyclic amines) is 1. The molecule has 2 aliphatic rings. The smallest absolute Gasteiger partial charge is 0.137 e. The Morgan fingerprint density at radius 1 is 1.05 bits per heavy atom. The first-order valence-electron chi connectivity index (χ1n) is 8.62. The lowest BCUT2D eigenvalue weighted by molar-refractivity contribution is -0.123. The van der Waals surface area contributed by atoms with Crippen molar-refractivity contribution in [1.29, 1.82) is 0 Å². The Labute approximate surface area is 128 Å². The van der Waals surface area contributed by atoms with Gasteiger partial charge in [0.25, 0.3) is 0 Å². The Morgan fingerprint density at radius 2 is 1.81 bits per heavy atom. The van der Waals surface area contributed by atoms with Crippen LogP contribution in [0, 0.1) is 5.92 Å². The van der Waals surface area contributed by atoms with Gasteiger partial charge in [-0.1, -0.05) is 37.6 Å². The Balaban J connectivity index is 1.70. The maximum atomic E-state index is 12.1. The normalized spacial score (nSPS) is 27.2. The molecule has 1 saturated carbocycles. The van der Waals surface area contributed by atoms with E-state index in [0.29, 0.717) is 17.7 Å². The number of ketones is 1. The van der Waals surface area contributed by atoms with E-state index in [1.54, 1.807) is 0 Å². The molecule has 0 bridgehead atoms. The van der Waals surface area contributed by atoms with Gasteiger partial charge in [0.15, 0.2) is 0 Å². The van der Waals surface area contributed by atoms with Crippen LogP contribution in [0.5, 0.6) is 0 Å². The lowest BCUT2D eigenvalue weighted by atomic mass is 9.88. The minimum absolute atomic E-state index is 0.320. The highest BCUT2D eigenvalue weighted by molar-refractivity contribution is 5.83. The van der Waals surface area contributed by atoms with Crippen LogP contribution in [0.2, 0.25) is 0 Å². The zero-order chi connectivity index (χ0) is 14.7. The molecule has 1 aromatic carbocycles. The fraction of sp³-hybridized carbons (Fsp3) is 0.632. The molecule has 0 spiro atoms. The van der Waals surface area contributed by atoms with E-state index >= 15 is 0 Å². The molecule has 2 heteroatoms. The molecule has 3 rings (SSSR count). The fourth-order valence-electron chi connectivity index (χ4n) is 4.03. The molecular formula is C19H27NO. The number of Topliss-reactive ketones (excluding diaryl/α,β-unsaturated/α-hetero) is 1. The Bertz CT molecular complexity index is 479. The summed E-state index contributed by atoms with van der Waals surface area (Å²) in [5, 5.41) is 0. The summed E-state index contributed by atoms with van der Waals surface area (Å²) < 4.78 is 0. The Hall–Kier alpha value is -1.15. The van der Waals surface area contributed by atoms with E-state index in [1.807, 2.05) is 0 Å². The van der Waals surface area contributed by atoms with Gasteiger partial charge in [0, 0.05) is 24.9 Å². The highest BCUT2D eigenvalue weighted by Gasteiger charge is 2.36. The SMILES string of the molecule is CCc1ccc(CN2CCCCC2C2CCCC2=O)cc1. The molecule has 1 heterocycles. The van der Waals surface area contributed by atoms with E-state index < -0.39 is 0 Å². The number of benzene rings is 1. The second kappa shape index (κ2) is 6.74. The Kier molecular flexibility index (Phi) is 4.74. The number of nitrogens with zero attached hydrogens (tertiary/aromatic N) is 1. The topological polar surface area (TPSA) is 20.3 Å². The summed E-state index contributed by atoms with van der Waals surface area (Å²) in [4.78, 5) is 14.7. The minimum Gasteiger partial charge on any atom is -0.299 e. The van der Waals surface area contributed by atoms with Gasteiger partial charge in [0.2, 0.25) is 0 Å². The van der Waals surface area contributed by atoms with Gasteiger partial charge in [-0.3, -0.25) is 9.69 Å². The summed E-state index contributed by atoms with van der Waals surface area (Å²) in [6, 6.07) is 9.52. The van der Waals surface area contributed by atoms with Crippen molar-refractivity contribution in [1.82, 2.24) is 4.90 Å². The monoisotopic (exact) mass is 285 g/mol. The first kappa shape index (κ1) is 14.8. The van der Waals surface area contributed by atoms with Crippen molar-refractivity contribution in [2.24, 2.45) is 5.92 Å². The molecule has 2 fully saturated rings. The number of rotatable bonds is 4. The average Bonchev–Trinajstić information content (AvgIpc) is 2.95. The number of carbonyl (C=O) groups excluding carboxylic acids is 1. The van der Waals surface area contributed by atoms with Crippen LogP contribution in [0.1, 0.15) is 56.6 Å². The van der Waals surface area contributed by atoms with E-state index in [-0.39, 0.29) is 0 Å². The van der Waals surface area contributed by atoms with Crippen molar-refractivity contribution >= 4 is 5.78 Å². The van der Waals surface area contributed by atoms with E-state index in [1.165, 1.54) is 30.4 Å². The van der Waals surface area contributed by atoms with Gasteiger partial charge in [-0.2, -0.15) is 0 Å². The van der Waals surface area contributed by atoms with Gasteiger partial charge < -0.3 is 0 Å². The quantitative estimate of drug-likeness (QED) is 0.834. The molecule has 0 N–H and O–H groups in total. The average molecular weight is 285 g/mol. The molecule has 0 aromatic heterocycles. The standard InChI is InChI=1S/C19H27NO/c1-2-15-9-11-16(12-10-15)14-20-13-4-3-7-18(20)17-6-5-8-19(17)21/h9-12,17-18H,2-8,13-14H2,1H3. The summed E-state index contributed by atoms with van der Waals surface area (Å²) in [5.74, 6) is 0.841. The predicted octanol–water partition coefficient (Wildman–Crippen LogP) is 3.97. The molecule has 1 aliphatic heterocycles. The van der Waals surface area contributed by atoms with Crippen LogP contribution in [0.25, 0.3) is 0 Å². The molecule has 2 unspecified atom stereocenters. The lowest BCUT2D eigenvalue weighted by Gasteiger charge is -2.38. The van der Waals surface area contributed by atoms with Gasteiger partial charge in [-0.15, -0.1) is 0 Å². The molecule has 0 radical (unpaired) electrons. The second-order valence-corrected chi connectivity index (χ2v) is 6.67.